The van der Waals surface area contributed by atoms with Crippen LogP contribution in [0.1, 0.15) is 5.56 Å². The van der Waals surface area contributed by atoms with Gasteiger partial charge in [-0.1, -0.05) is 15.9 Å². The second-order valence-corrected chi connectivity index (χ2v) is 6.85. The van der Waals surface area contributed by atoms with Gasteiger partial charge in [0.15, 0.2) is 11.2 Å². The summed E-state index contributed by atoms with van der Waals surface area (Å²) in [6, 6.07) is 5.39. The van der Waals surface area contributed by atoms with E-state index in [0.717, 1.165) is 9.04 Å². The normalized spacial score (nSPS) is 11.3. The van der Waals surface area contributed by atoms with Crippen molar-refractivity contribution in [3.63, 3.8) is 0 Å². The predicted molar refractivity (Wildman–Crippen MR) is 107 cm³/mol. The number of aromatic nitrogens is 4. The first-order valence-corrected chi connectivity index (χ1v) is 8.89. The molecular formula is C17H17BrN6O4. The molecule has 3 rings (SSSR count). The number of hydrogen-bond acceptors (Lipinski definition) is 6. The summed E-state index contributed by atoms with van der Waals surface area (Å²) in [6.07, 6.45) is 2.79. The second-order valence-electron chi connectivity index (χ2n) is 5.93. The minimum Gasteiger partial charge on any atom is -0.496 e. The molecule has 146 valence electrons. The van der Waals surface area contributed by atoms with Crippen LogP contribution in [0.5, 0.6) is 5.75 Å². The number of methoxy groups -OCH3 is 1. The summed E-state index contributed by atoms with van der Waals surface area (Å²) in [7, 11) is 4.42. The number of aryl methyl sites for hydroxylation is 1. The second kappa shape index (κ2) is 7.80. The molecule has 0 saturated carbocycles. The van der Waals surface area contributed by atoms with E-state index in [1.165, 1.54) is 42.9 Å². The quantitative estimate of drug-likeness (QED) is 0.447. The number of ether oxygens (including phenoxy) is 1. The largest absolute Gasteiger partial charge is 0.496 e. The number of fused-ring (bicyclic) bond motifs is 1. The van der Waals surface area contributed by atoms with Crippen LogP contribution in [0.15, 0.2) is 43.7 Å². The molecule has 0 fully saturated rings. The van der Waals surface area contributed by atoms with Gasteiger partial charge in [-0.15, -0.1) is 0 Å². The van der Waals surface area contributed by atoms with Gasteiger partial charge in [-0.3, -0.25) is 18.7 Å². The monoisotopic (exact) mass is 448 g/mol. The van der Waals surface area contributed by atoms with Gasteiger partial charge >= 0.3 is 5.69 Å². The molecule has 1 aromatic carbocycles. The minimum atomic E-state index is -0.522. The van der Waals surface area contributed by atoms with Gasteiger partial charge in [-0.05, 0) is 18.2 Å². The molecule has 2 aromatic heterocycles. The maximum Gasteiger partial charge on any atom is 0.332 e. The first kappa shape index (κ1) is 19.5. The fourth-order valence-electron chi connectivity index (χ4n) is 2.69. The number of halogens is 1. The van der Waals surface area contributed by atoms with Crippen molar-refractivity contribution in [1.29, 1.82) is 0 Å². The SMILES string of the molecule is COc1ccc(Br)cc1/C=N\NC(=O)Cn1cnc2c1c(=O)n(C)c(=O)n2C. The van der Waals surface area contributed by atoms with E-state index in [-0.39, 0.29) is 17.7 Å². The molecule has 1 N–H and O–H groups in total. The van der Waals surface area contributed by atoms with Crippen LogP contribution in [0.3, 0.4) is 0 Å². The van der Waals surface area contributed by atoms with E-state index in [0.29, 0.717) is 11.3 Å². The van der Waals surface area contributed by atoms with E-state index >= 15 is 0 Å². The first-order chi connectivity index (χ1) is 13.3. The summed E-state index contributed by atoms with van der Waals surface area (Å²) in [5, 5.41) is 3.93. The molecule has 0 atom stereocenters. The molecule has 2 heterocycles. The zero-order valence-electron chi connectivity index (χ0n) is 15.3. The van der Waals surface area contributed by atoms with Gasteiger partial charge in [0.2, 0.25) is 0 Å². The molecule has 3 aromatic rings. The zero-order valence-corrected chi connectivity index (χ0v) is 16.9. The first-order valence-electron chi connectivity index (χ1n) is 8.09. The fourth-order valence-corrected chi connectivity index (χ4v) is 3.07. The predicted octanol–water partition coefficient (Wildman–Crippen LogP) is 0.355. The molecule has 0 aliphatic rings. The number of rotatable bonds is 5. The lowest BCUT2D eigenvalue weighted by molar-refractivity contribution is -0.121. The molecule has 0 saturated heterocycles. The Labute approximate surface area is 167 Å². The maximum absolute atomic E-state index is 12.4. The van der Waals surface area contributed by atoms with E-state index in [1.54, 1.807) is 12.1 Å². The molecule has 0 unspecified atom stereocenters. The average Bonchev–Trinajstić information content (AvgIpc) is 3.08. The summed E-state index contributed by atoms with van der Waals surface area (Å²) in [4.78, 5) is 40.6. The Bertz CT molecular complexity index is 1210. The summed E-state index contributed by atoms with van der Waals surface area (Å²) in [6.45, 7) is -0.184. The van der Waals surface area contributed by atoms with Crippen LogP contribution in [0.2, 0.25) is 0 Å². The molecule has 1 amide bonds. The number of imidazole rings is 1. The third-order valence-electron chi connectivity index (χ3n) is 4.12. The lowest BCUT2D eigenvalue weighted by Gasteiger charge is -2.06. The Morgan fingerprint density at radius 3 is 2.79 bits per heavy atom. The zero-order chi connectivity index (χ0) is 20.4. The molecule has 0 aliphatic carbocycles. The van der Waals surface area contributed by atoms with E-state index in [4.69, 9.17) is 4.74 Å². The summed E-state index contributed by atoms with van der Waals surface area (Å²) >= 11 is 3.36. The maximum atomic E-state index is 12.4. The number of carbonyl (C=O) groups excluding carboxylic acids is 1. The Hall–Kier alpha value is -3.21. The number of hydrazone groups is 1. The molecule has 28 heavy (non-hydrogen) atoms. The van der Waals surface area contributed by atoms with Gasteiger partial charge in [0.1, 0.15) is 12.3 Å². The van der Waals surface area contributed by atoms with Crippen molar-refractivity contribution in [3.05, 3.63) is 55.4 Å². The van der Waals surface area contributed by atoms with Crippen molar-refractivity contribution in [1.82, 2.24) is 24.1 Å². The Balaban J connectivity index is 1.80. The van der Waals surface area contributed by atoms with Gasteiger partial charge in [0.25, 0.3) is 11.5 Å². The van der Waals surface area contributed by atoms with Crippen molar-refractivity contribution in [2.45, 2.75) is 6.54 Å². The van der Waals surface area contributed by atoms with E-state index in [1.807, 2.05) is 6.07 Å². The Kier molecular flexibility index (Phi) is 5.45. The van der Waals surface area contributed by atoms with Crippen molar-refractivity contribution < 1.29 is 9.53 Å². The highest BCUT2D eigenvalue weighted by molar-refractivity contribution is 9.10. The fraction of sp³-hybridized carbons (Fsp3) is 0.235. The highest BCUT2D eigenvalue weighted by atomic mass is 79.9. The van der Waals surface area contributed by atoms with Crippen LogP contribution in [0, 0.1) is 0 Å². The Morgan fingerprint density at radius 2 is 2.07 bits per heavy atom. The molecule has 0 aliphatic heterocycles. The van der Waals surface area contributed by atoms with E-state index in [2.05, 4.69) is 31.4 Å². The third kappa shape index (κ3) is 3.60. The van der Waals surface area contributed by atoms with E-state index < -0.39 is 17.2 Å². The molecule has 11 heteroatoms. The van der Waals surface area contributed by atoms with Gasteiger partial charge in [-0.25, -0.2) is 15.2 Å². The van der Waals surface area contributed by atoms with Gasteiger partial charge in [0.05, 0.1) is 19.7 Å². The van der Waals surface area contributed by atoms with Crippen molar-refractivity contribution in [2.24, 2.45) is 19.2 Å². The van der Waals surface area contributed by atoms with Crippen molar-refractivity contribution in [2.75, 3.05) is 7.11 Å². The van der Waals surface area contributed by atoms with Crippen LogP contribution >= 0.6 is 15.9 Å². The molecule has 0 spiro atoms. The van der Waals surface area contributed by atoms with Gasteiger partial charge in [-0.2, -0.15) is 5.10 Å². The standard InChI is InChI=1S/C17H17BrN6O4/c1-22-15-14(16(26)23(2)17(22)27)24(9-19-15)8-13(25)21-20-7-10-6-11(18)4-5-12(10)28-3/h4-7,9H,8H2,1-3H3,(H,21,25)/b20-7-. The van der Waals surface area contributed by atoms with Gasteiger partial charge < -0.3 is 9.30 Å². The third-order valence-corrected chi connectivity index (χ3v) is 4.61. The summed E-state index contributed by atoms with van der Waals surface area (Å²) in [5.41, 5.74) is 2.44. The highest BCUT2D eigenvalue weighted by Gasteiger charge is 2.15. The molecule has 0 radical (unpaired) electrons. The molecular weight excluding hydrogens is 432 g/mol. The molecule has 0 bridgehead atoms. The van der Waals surface area contributed by atoms with Crippen LogP contribution < -0.4 is 21.4 Å². The number of carbonyl (C=O) groups is 1. The topological polar surface area (TPSA) is 113 Å². The summed E-state index contributed by atoms with van der Waals surface area (Å²) in [5.74, 6) is 0.145. The van der Waals surface area contributed by atoms with Crippen LogP contribution in [0.25, 0.3) is 11.2 Å². The highest BCUT2D eigenvalue weighted by Crippen LogP contribution is 2.21. The lowest BCUT2D eigenvalue weighted by atomic mass is 10.2. The number of nitrogens with zero attached hydrogens (tertiary/aromatic N) is 5. The minimum absolute atomic E-state index is 0.164. The lowest BCUT2D eigenvalue weighted by Crippen LogP contribution is -2.38. The van der Waals surface area contributed by atoms with E-state index in [9.17, 15) is 14.4 Å². The number of benzene rings is 1. The summed E-state index contributed by atoms with van der Waals surface area (Å²) < 4.78 is 9.67. The number of nitrogens with one attached hydrogen (secondary N) is 1. The van der Waals surface area contributed by atoms with Crippen molar-refractivity contribution >= 4 is 39.2 Å². The molecule has 10 nitrogen and oxygen atoms in total. The van der Waals surface area contributed by atoms with Gasteiger partial charge in [0, 0.05) is 24.1 Å². The average molecular weight is 449 g/mol. The Morgan fingerprint density at radius 1 is 1.32 bits per heavy atom. The smallest absolute Gasteiger partial charge is 0.332 e. The number of hydrogen-bond donors (Lipinski definition) is 1. The number of amides is 1. The van der Waals surface area contributed by atoms with Crippen LogP contribution in [-0.2, 0) is 25.4 Å². The van der Waals surface area contributed by atoms with Crippen LogP contribution in [-0.4, -0.2) is 37.9 Å². The van der Waals surface area contributed by atoms with Crippen LogP contribution in [0.4, 0.5) is 0 Å². The van der Waals surface area contributed by atoms with Crippen molar-refractivity contribution in [3.8, 4) is 5.75 Å².